The number of aliphatic imine (C=N–C) groups is 1. The zero-order valence-electron chi connectivity index (χ0n) is 5.49. The average molecular weight is 132 g/mol. The summed E-state index contributed by atoms with van der Waals surface area (Å²) in [5, 5.41) is 3.02. The van der Waals surface area contributed by atoms with Crippen molar-refractivity contribution in [3.8, 4) is 0 Å². The summed E-state index contributed by atoms with van der Waals surface area (Å²) in [4.78, 5) is 4.24. The van der Waals surface area contributed by atoms with Crippen molar-refractivity contribution in [2.75, 3.05) is 0 Å². The van der Waals surface area contributed by atoms with Gasteiger partial charge in [-0.25, -0.2) is 0 Å². The van der Waals surface area contributed by atoms with Crippen molar-refractivity contribution >= 4 is 6.21 Å². The van der Waals surface area contributed by atoms with Gasteiger partial charge in [-0.3, -0.25) is 4.99 Å². The van der Waals surface area contributed by atoms with E-state index in [4.69, 9.17) is 0 Å². The zero-order valence-corrected chi connectivity index (χ0v) is 5.49. The first kappa shape index (κ1) is 5.47. The van der Waals surface area contributed by atoms with Gasteiger partial charge in [0.05, 0.1) is 6.04 Å². The molecule has 2 heterocycles. The number of dihydropyridines is 2. The normalized spacial score (nSPS) is 27.2. The summed E-state index contributed by atoms with van der Waals surface area (Å²) < 4.78 is 0. The van der Waals surface area contributed by atoms with E-state index < -0.39 is 0 Å². The molecule has 2 aliphatic heterocycles. The van der Waals surface area contributed by atoms with Crippen LogP contribution in [0.1, 0.15) is 0 Å². The highest BCUT2D eigenvalue weighted by Gasteiger charge is 2.09. The van der Waals surface area contributed by atoms with Crippen molar-refractivity contribution in [2.24, 2.45) is 4.99 Å². The number of nitrogens with zero attached hydrogens (tertiary/aromatic N) is 1. The molecule has 2 heteroatoms. The summed E-state index contributed by atoms with van der Waals surface area (Å²) >= 11 is 0. The van der Waals surface area contributed by atoms with E-state index in [0.717, 1.165) is 0 Å². The predicted octanol–water partition coefficient (Wildman–Crippen LogP) is 0.996. The maximum atomic E-state index is 4.24. The summed E-state index contributed by atoms with van der Waals surface area (Å²) in [6, 6.07) is 0.256. The van der Waals surface area contributed by atoms with Crippen LogP contribution in [-0.2, 0) is 0 Å². The Morgan fingerprint density at radius 3 is 3.40 bits per heavy atom. The van der Waals surface area contributed by atoms with Crippen LogP contribution in [0.4, 0.5) is 0 Å². The van der Waals surface area contributed by atoms with Gasteiger partial charge in [0.25, 0.3) is 0 Å². The summed E-state index contributed by atoms with van der Waals surface area (Å²) in [6.45, 7) is 0. The lowest BCUT2D eigenvalue weighted by molar-refractivity contribution is 0.917. The molecule has 0 spiro atoms. The van der Waals surface area contributed by atoms with Gasteiger partial charge in [0.15, 0.2) is 0 Å². The number of allylic oxidation sites excluding steroid dienone is 1. The topological polar surface area (TPSA) is 24.4 Å². The van der Waals surface area contributed by atoms with E-state index in [-0.39, 0.29) is 6.04 Å². The van der Waals surface area contributed by atoms with Crippen LogP contribution in [0.3, 0.4) is 0 Å². The molecular weight excluding hydrogens is 124 g/mol. The monoisotopic (exact) mass is 132 g/mol. The van der Waals surface area contributed by atoms with E-state index in [1.807, 2.05) is 30.8 Å². The van der Waals surface area contributed by atoms with Crippen LogP contribution in [0.2, 0.25) is 0 Å². The second-order valence-corrected chi connectivity index (χ2v) is 2.27. The maximum absolute atomic E-state index is 4.24. The van der Waals surface area contributed by atoms with E-state index in [1.165, 1.54) is 5.57 Å². The van der Waals surface area contributed by atoms with Crippen molar-refractivity contribution in [3.63, 3.8) is 0 Å². The molecule has 1 atom stereocenters. The lowest BCUT2D eigenvalue weighted by Gasteiger charge is -2.15. The number of fused-ring (bicyclic) bond motifs is 1. The first-order chi connectivity index (χ1) is 4.97. The number of nitrogens with one attached hydrogen (secondary N) is 1. The van der Waals surface area contributed by atoms with Gasteiger partial charge >= 0.3 is 0 Å². The van der Waals surface area contributed by atoms with Crippen LogP contribution in [-0.4, -0.2) is 12.3 Å². The Balaban J connectivity index is 2.33. The van der Waals surface area contributed by atoms with Gasteiger partial charge in [-0.2, -0.15) is 0 Å². The second-order valence-electron chi connectivity index (χ2n) is 2.27. The van der Waals surface area contributed by atoms with Gasteiger partial charge in [0.1, 0.15) is 0 Å². The highest BCUT2D eigenvalue weighted by molar-refractivity contribution is 5.75. The quantitative estimate of drug-likeness (QED) is 0.522. The smallest absolute Gasteiger partial charge is 0.0961 e. The molecule has 1 unspecified atom stereocenters. The molecule has 0 fully saturated rings. The first-order valence-electron chi connectivity index (χ1n) is 3.29. The molecule has 0 bridgehead atoms. The average Bonchev–Trinajstić information content (AvgIpc) is 2.05. The lowest BCUT2D eigenvalue weighted by atomic mass is 10.1. The highest BCUT2D eigenvalue weighted by atomic mass is 14.9. The van der Waals surface area contributed by atoms with Crippen molar-refractivity contribution in [3.05, 3.63) is 36.2 Å². The SMILES string of the molecule is C1=CC2=CNC=CC2N=C1. The number of rotatable bonds is 0. The van der Waals surface area contributed by atoms with Gasteiger partial charge in [0.2, 0.25) is 0 Å². The Morgan fingerprint density at radius 2 is 2.50 bits per heavy atom. The molecule has 0 aromatic heterocycles. The van der Waals surface area contributed by atoms with Crippen molar-refractivity contribution < 1.29 is 0 Å². The molecule has 0 aliphatic carbocycles. The lowest BCUT2D eigenvalue weighted by Crippen LogP contribution is -2.14. The molecule has 0 amide bonds. The predicted molar refractivity (Wildman–Crippen MR) is 41.8 cm³/mol. The first-order valence-corrected chi connectivity index (χ1v) is 3.29. The van der Waals surface area contributed by atoms with Crippen molar-refractivity contribution in [1.82, 2.24) is 5.32 Å². The minimum atomic E-state index is 0.256. The minimum Gasteiger partial charge on any atom is -0.368 e. The summed E-state index contributed by atoms with van der Waals surface area (Å²) in [5.74, 6) is 0. The zero-order chi connectivity index (χ0) is 6.81. The molecule has 10 heavy (non-hydrogen) atoms. The number of hydrogen-bond acceptors (Lipinski definition) is 2. The van der Waals surface area contributed by atoms with E-state index in [9.17, 15) is 0 Å². The van der Waals surface area contributed by atoms with E-state index >= 15 is 0 Å². The Kier molecular flexibility index (Phi) is 1.17. The molecule has 0 aromatic carbocycles. The fraction of sp³-hybridized carbons (Fsp3) is 0.125. The Hall–Kier alpha value is -1.31. The van der Waals surface area contributed by atoms with Crippen LogP contribution < -0.4 is 5.32 Å². The molecule has 0 saturated heterocycles. The van der Waals surface area contributed by atoms with Crippen LogP contribution >= 0.6 is 0 Å². The molecule has 50 valence electrons. The third-order valence-electron chi connectivity index (χ3n) is 1.59. The molecule has 2 aliphatic rings. The number of hydrogen-bond donors (Lipinski definition) is 1. The fourth-order valence-corrected chi connectivity index (χ4v) is 1.07. The summed E-state index contributed by atoms with van der Waals surface area (Å²) in [6.07, 6.45) is 11.8. The third kappa shape index (κ3) is 0.778. The summed E-state index contributed by atoms with van der Waals surface area (Å²) in [7, 11) is 0. The van der Waals surface area contributed by atoms with Gasteiger partial charge < -0.3 is 5.32 Å². The van der Waals surface area contributed by atoms with Gasteiger partial charge in [-0.1, -0.05) is 6.08 Å². The van der Waals surface area contributed by atoms with E-state index in [0.29, 0.717) is 0 Å². The van der Waals surface area contributed by atoms with Crippen LogP contribution in [0.15, 0.2) is 41.2 Å². The molecule has 2 rings (SSSR count). The van der Waals surface area contributed by atoms with Crippen molar-refractivity contribution in [1.29, 1.82) is 0 Å². The molecule has 1 N–H and O–H groups in total. The molecular formula is C8H8N2. The minimum absolute atomic E-state index is 0.256. The Labute approximate surface area is 59.7 Å². The van der Waals surface area contributed by atoms with Gasteiger partial charge in [-0.05, 0) is 23.9 Å². The van der Waals surface area contributed by atoms with Crippen LogP contribution in [0.5, 0.6) is 0 Å². The largest absolute Gasteiger partial charge is 0.368 e. The van der Waals surface area contributed by atoms with Crippen molar-refractivity contribution in [2.45, 2.75) is 6.04 Å². The van der Waals surface area contributed by atoms with E-state index in [2.05, 4.69) is 16.4 Å². The molecule has 0 aromatic rings. The summed E-state index contributed by atoms with van der Waals surface area (Å²) in [5.41, 5.74) is 1.23. The standard InChI is InChI=1S/C8H8N2/c1-2-7-6-9-5-3-8(7)10-4-1/h1-6,8-9H. The highest BCUT2D eigenvalue weighted by Crippen LogP contribution is 2.14. The molecule has 0 radical (unpaired) electrons. The maximum Gasteiger partial charge on any atom is 0.0961 e. The van der Waals surface area contributed by atoms with Crippen LogP contribution in [0.25, 0.3) is 0 Å². The molecule has 2 nitrogen and oxygen atoms in total. The molecule has 0 saturated carbocycles. The van der Waals surface area contributed by atoms with Crippen LogP contribution in [0, 0.1) is 0 Å². The third-order valence-corrected chi connectivity index (χ3v) is 1.59. The van der Waals surface area contributed by atoms with E-state index in [1.54, 1.807) is 0 Å². The van der Waals surface area contributed by atoms with Gasteiger partial charge in [0, 0.05) is 12.4 Å². The Bertz CT molecular complexity index is 246. The van der Waals surface area contributed by atoms with Gasteiger partial charge in [-0.15, -0.1) is 0 Å². The second kappa shape index (κ2) is 2.14. The fourth-order valence-electron chi connectivity index (χ4n) is 1.07. The Morgan fingerprint density at radius 1 is 1.50 bits per heavy atom.